The van der Waals surface area contributed by atoms with Crippen LogP contribution in [-0.4, -0.2) is 18.3 Å². The summed E-state index contributed by atoms with van der Waals surface area (Å²) in [5.41, 5.74) is 0.129. The first-order valence-corrected chi connectivity index (χ1v) is 6.70. The molecule has 0 aromatic heterocycles. The van der Waals surface area contributed by atoms with Crippen LogP contribution in [0, 0.1) is 0 Å². The molecule has 1 aromatic carbocycles. The maximum absolute atomic E-state index is 6.11. The monoisotopic (exact) mass is 252 g/mol. The van der Waals surface area contributed by atoms with Crippen LogP contribution in [0.1, 0.15) is 32.1 Å². The van der Waals surface area contributed by atoms with Crippen molar-refractivity contribution >= 4 is 11.6 Å². The van der Waals surface area contributed by atoms with Gasteiger partial charge in [-0.25, -0.2) is 0 Å². The number of para-hydroxylation sites is 1. The molecule has 1 unspecified atom stereocenters. The lowest BCUT2D eigenvalue weighted by Crippen LogP contribution is -2.48. The number of rotatable bonds is 2. The molecule has 1 saturated carbocycles. The van der Waals surface area contributed by atoms with E-state index in [4.69, 9.17) is 21.1 Å². The summed E-state index contributed by atoms with van der Waals surface area (Å²) >= 11 is 6.11. The third-order valence-electron chi connectivity index (χ3n) is 3.84. The number of ether oxygens (including phenoxy) is 2. The van der Waals surface area contributed by atoms with E-state index < -0.39 is 0 Å². The van der Waals surface area contributed by atoms with Gasteiger partial charge in [0.15, 0.2) is 0 Å². The molecule has 3 heteroatoms. The Morgan fingerprint density at radius 2 is 2.12 bits per heavy atom. The van der Waals surface area contributed by atoms with E-state index in [9.17, 15) is 0 Å². The second-order valence-electron chi connectivity index (χ2n) is 5.05. The van der Waals surface area contributed by atoms with Gasteiger partial charge in [-0.15, -0.1) is 0 Å². The molecule has 0 radical (unpaired) electrons. The Hall–Kier alpha value is -0.730. The van der Waals surface area contributed by atoms with Crippen LogP contribution in [-0.2, 0) is 4.74 Å². The van der Waals surface area contributed by atoms with Crippen LogP contribution < -0.4 is 4.74 Å². The molecule has 2 fully saturated rings. The average molecular weight is 253 g/mol. The predicted octanol–water partition coefficient (Wildman–Crippen LogP) is 3.82. The third kappa shape index (κ3) is 2.29. The lowest BCUT2D eigenvalue weighted by atomic mass is 9.74. The molecule has 1 atom stereocenters. The van der Waals surface area contributed by atoms with Crippen LogP contribution in [0.3, 0.4) is 0 Å². The molecule has 1 aliphatic heterocycles. The number of hydrogen-bond donors (Lipinski definition) is 0. The van der Waals surface area contributed by atoms with Crippen LogP contribution in [0.25, 0.3) is 0 Å². The fourth-order valence-corrected chi connectivity index (χ4v) is 2.90. The maximum Gasteiger partial charge on any atom is 0.138 e. The minimum Gasteiger partial charge on any atom is -0.489 e. The fraction of sp³-hybridized carbons (Fsp3) is 0.571. The van der Waals surface area contributed by atoms with Crippen molar-refractivity contribution in [2.24, 2.45) is 0 Å². The van der Waals surface area contributed by atoms with Crippen molar-refractivity contribution in [3.05, 3.63) is 29.3 Å². The molecule has 1 heterocycles. The summed E-state index contributed by atoms with van der Waals surface area (Å²) < 4.78 is 11.9. The first-order chi connectivity index (χ1) is 8.27. The van der Waals surface area contributed by atoms with Crippen LogP contribution in [0.15, 0.2) is 24.3 Å². The molecule has 0 N–H and O–H groups in total. The number of halogens is 1. The summed E-state index contributed by atoms with van der Waals surface area (Å²) in [5, 5.41) is 0.696. The molecule has 0 amide bonds. The lowest BCUT2D eigenvalue weighted by Gasteiger charge is -2.46. The standard InChI is InChI=1S/C14H17ClO2/c15-12-4-1-2-5-13(12)17-11-6-9-16-14(10-11)7-3-8-14/h1-2,4-5,11H,3,6-10H2. The number of benzene rings is 1. The first-order valence-electron chi connectivity index (χ1n) is 6.33. The highest BCUT2D eigenvalue weighted by Gasteiger charge is 2.43. The molecule has 17 heavy (non-hydrogen) atoms. The zero-order chi connectivity index (χ0) is 11.7. The van der Waals surface area contributed by atoms with Crippen LogP contribution in [0.5, 0.6) is 5.75 Å². The van der Waals surface area contributed by atoms with Gasteiger partial charge in [0.2, 0.25) is 0 Å². The first kappa shape index (κ1) is 11.4. The van der Waals surface area contributed by atoms with Crippen molar-refractivity contribution in [2.45, 2.75) is 43.8 Å². The number of hydrogen-bond acceptors (Lipinski definition) is 2. The summed E-state index contributed by atoms with van der Waals surface area (Å²) in [6, 6.07) is 7.69. The van der Waals surface area contributed by atoms with E-state index in [0.717, 1.165) is 25.2 Å². The molecule has 2 aliphatic rings. The minimum absolute atomic E-state index is 0.129. The predicted molar refractivity (Wildman–Crippen MR) is 67.6 cm³/mol. The average Bonchev–Trinajstić information content (AvgIpc) is 2.31. The molecule has 1 aliphatic carbocycles. The van der Waals surface area contributed by atoms with Crippen LogP contribution >= 0.6 is 11.6 Å². The van der Waals surface area contributed by atoms with Gasteiger partial charge in [-0.3, -0.25) is 0 Å². The summed E-state index contributed by atoms with van der Waals surface area (Å²) in [7, 11) is 0. The van der Waals surface area contributed by atoms with E-state index >= 15 is 0 Å². The van der Waals surface area contributed by atoms with Crippen molar-refractivity contribution in [2.75, 3.05) is 6.61 Å². The molecule has 92 valence electrons. The molecule has 2 nitrogen and oxygen atoms in total. The molecule has 0 bridgehead atoms. The summed E-state index contributed by atoms with van der Waals surface area (Å²) in [6.45, 7) is 0.815. The molecule has 1 saturated heterocycles. The Labute approximate surface area is 107 Å². The largest absolute Gasteiger partial charge is 0.489 e. The van der Waals surface area contributed by atoms with Gasteiger partial charge in [-0.2, -0.15) is 0 Å². The Kier molecular flexibility index (Phi) is 3.01. The highest BCUT2D eigenvalue weighted by Crippen LogP contribution is 2.43. The Balaban J connectivity index is 1.67. The van der Waals surface area contributed by atoms with Crippen LogP contribution in [0.4, 0.5) is 0 Å². The molecular formula is C14H17ClO2. The molecule has 1 aromatic rings. The van der Waals surface area contributed by atoms with Crippen molar-refractivity contribution in [3.8, 4) is 5.75 Å². The van der Waals surface area contributed by atoms with Crippen molar-refractivity contribution in [3.63, 3.8) is 0 Å². The fourth-order valence-electron chi connectivity index (χ4n) is 2.72. The maximum atomic E-state index is 6.11. The van der Waals surface area contributed by atoms with Gasteiger partial charge in [0, 0.05) is 12.8 Å². The zero-order valence-corrected chi connectivity index (χ0v) is 10.6. The van der Waals surface area contributed by atoms with Gasteiger partial charge in [0.25, 0.3) is 0 Å². The minimum atomic E-state index is 0.129. The van der Waals surface area contributed by atoms with Gasteiger partial charge in [-0.1, -0.05) is 23.7 Å². The van der Waals surface area contributed by atoms with E-state index in [2.05, 4.69) is 0 Å². The highest BCUT2D eigenvalue weighted by molar-refractivity contribution is 6.32. The van der Waals surface area contributed by atoms with Crippen LogP contribution in [0.2, 0.25) is 5.02 Å². The van der Waals surface area contributed by atoms with E-state index in [1.807, 2.05) is 24.3 Å². The van der Waals surface area contributed by atoms with E-state index in [1.54, 1.807) is 0 Å². The summed E-state index contributed by atoms with van der Waals surface area (Å²) in [6.07, 6.45) is 5.90. The Morgan fingerprint density at radius 1 is 1.29 bits per heavy atom. The lowest BCUT2D eigenvalue weighted by molar-refractivity contribution is -0.153. The Morgan fingerprint density at radius 3 is 2.82 bits per heavy atom. The van der Waals surface area contributed by atoms with Gasteiger partial charge >= 0.3 is 0 Å². The second-order valence-corrected chi connectivity index (χ2v) is 5.46. The zero-order valence-electron chi connectivity index (χ0n) is 9.82. The normalized spacial score (nSPS) is 26.5. The van der Waals surface area contributed by atoms with Crippen molar-refractivity contribution in [1.82, 2.24) is 0 Å². The highest BCUT2D eigenvalue weighted by atomic mass is 35.5. The summed E-state index contributed by atoms with van der Waals surface area (Å²) in [4.78, 5) is 0. The van der Waals surface area contributed by atoms with Crippen molar-refractivity contribution in [1.29, 1.82) is 0 Å². The third-order valence-corrected chi connectivity index (χ3v) is 4.16. The molecular weight excluding hydrogens is 236 g/mol. The van der Waals surface area contributed by atoms with Crippen molar-refractivity contribution < 1.29 is 9.47 Å². The smallest absolute Gasteiger partial charge is 0.138 e. The quantitative estimate of drug-likeness (QED) is 0.797. The van der Waals surface area contributed by atoms with E-state index in [-0.39, 0.29) is 11.7 Å². The molecule has 1 spiro atoms. The molecule has 3 rings (SSSR count). The van der Waals surface area contributed by atoms with Gasteiger partial charge in [0.1, 0.15) is 11.9 Å². The van der Waals surface area contributed by atoms with Gasteiger partial charge in [-0.05, 0) is 31.4 Å². The van der Waals surface area contributed by atoms with Gasteiger partial charge < -0.3 is 9.47 Å². The Bertz CT molecular complexity index is 401. The van der Waals surface area contributed by atoms with E-state index in [0.29, 0.717) is 5.02 Å². The van der Waals surface area contributed by atoms with Gasteiger partial charge in [0.05, 0.1) is 17.2 Å². The summed E-state index contributed by atoms with van der Waals surface area (Å²) in [5.74, 6) is 0.801. The van der Waals surface area contributed by atoms with E-state index in [1.165, 1.54) is 19.3 Å². The second kappa shape index (κ2) is 4.51. The topological polar surface area (TPSA) is 18.5 Å². The SMILES string of the molecule is Clc1ccccc1OC1CCOC2(CCC2)C1.